The first-order valence-corrected chi connectivity index (χ1v) is 13.1. The molecule has 32 heavy (non-hydrogen) atoms. The number of H-pyrrole nitrogens is 1. The summed E-state index contributed by atoms with van der Waals surface area (Å²) in [6, 6.07) is 17.3. The second-order valence-electron chi connectivity index (χ2n) is 8.76. The lowest BCUT2D eigenvalue weighted by atomic mass is 9.95. The molecule has 2 aromatic carbocycles. The van der Waals surface area contributed by atoms with Crippen LogP contribution in [0, 0.1) is 0 Å². The Kier molecular flexibility index (Phi) is 5.73. The van der Waals surface area contributed by atoms with E-state index in [1.165, 1.54) is 0 Å². The van der Waals surface area contributed by atoms with Crippen molar-refractivity contribution in [3.63, 3.8) is 0 Å². The van der Waals surface area contributed by atoms with Gasteiger partial charge in [-0.05, 0) is 30.5 Å². The summed E-state index contributed by atoms with van der Waals surface area (Å²) in [6.45, 7) is 2.10. The maximum atomic E-state index is 13.8. The van der Waals surface area contributed by atoms with E-state index in [1.807, 2.05) is 64.4 Å². The first-order chi connectivity index (χ1) is 15.5. The number of aromatic amines is 1. The third kappa shape index (κ3) is 4.29. The lowest BCUT2D eigenvalue weighted by molar-refractivity contribution is -0.138. The van der Waals surface area contributed by atoms with Gasteiger partial charge < -0.3 is 9.88 Å². The van der Waals surface area contributed by atoms with E-state index in [-0.39, 0.29) is 23.3 Å². The zero-order valence-electron chi connectivity index (χ0n) is 18.0. The molecular formula is C24H28N4O3S. The molecule has 7 nitrogen and oxygen atoms in total. The number of likely N-dealkylation sites (tertiary alicyclic amines) is 1. The van der Waals surface area contributed by atoms with Gasteiger partial charge in [0.2, 0.25) is 5.91 Å². The van der Waals surface area contributed by atoms with Crippen molar-refractivity contribution in [1.82, 2.24) is 19.8 Å². The lowest BCUT2D eigenvalue weighted by Crippen LogP contribution is -2.50. The number of sulfone groups is 1. The van der Waals surface area contributed by atoms with Crippen LogP contribution in [0.1, 0.15) is 36.2 Å². The van der Waals surface area contributed by atoms with Crippen LogP contribution in [-0.4, -0.2) is 71.8 Å². The van der Waals surface area contributed by atoms with E-state index < -0.39 is 15.9 Å². The van der Waals surface area contributed by atoms with Gasteiger partial charge in [-0.2, -0.15) is 0 Å². The van der Waals surface area contributed by atoms with Gasteiger partial charge in [-0.15, -0.1) is 0 Å². The largest absolute Gasteiger partial charge is 0.342 e. The summed E-state index contributed by atoms with van der Waals surface area (Å²) in [7, 11) is -3.02. The fraction of sp³-hybridized carbons (Fsp3) is 0.417. The van der Waals surface area contributed by atoms with Gasteiger partial charge in [0.1, 0.15) is 11.9 Å². The third-order valence-corrected chi connectivity index (χ3v) is 8.23. The van der Waals surface area contributed by atoms with Crippen LogP contribution in [0.15, 0.2) is 54.6 Å². The Morgan fingerprint density at radius 1 is 1.00 bits per heavy atom. The highest BCUT2D eigenvalue weighted by Gasteiger charge is 2.37. The number of benzene rings is 2. The Hall–Kier alpha value is -2.71. The summed E-state index contributed by atoms with van der Waals surface area (Å²) in [5, 5.41) is 0. The minimum atomic E-state index is -3.02. The topological polar surface area (TPSA) is 86.4 Å². The fourth-order valence-corrected chi connectivity index (χ4v) is 6.10. The average Bonchev–Trinajstić information content (AvgIpc) is 3.25. The Morgan fingerprint density at radius 2 is 1.72 bits per heavy atom. The molecule has 1 N–H and O–H groups in total. The van der Waals surface area contributed by atoms with Gasteiger partial charge in [0.05, 0.1) is 22.5 Å². The van der Waals surface area contributed by atoms with Gasteiger partial charge in [0.15, 0.2) is 9.84 Å². The predicted molar refractivity (Wildman–Crippen MR) is 124 cm³/mol. The van der Waals surface area contributed by atoms with Gasteiger partial charge in [-0.25, -0.2) is 13.4 Å². The number of amides is 1. The van der Waals surface area contributed by atoms with Crippen molar-refractivity contribution in [3.8, 4) is 0 Å². The molecule has 2 fully saturated rings. The molecule has 2 saturated heterocycles. The van der Waals surface area contributed by atoms with Crippen molar-refractivity contribution in [2.75, 3.05) is 37.7 Å². The number of piperidine rings is 1. The number of hydrogen-bond donors (Lipinski definition) is 1. The summed E-state index contributed by atoms with van der Waals surface area (Å²) >= 11 is 0. The molecule has 1 aromatic heterocycles. The van der Waals surface area contributed by atoms with Crippen LogP contribution in [0.2, 0.25) is 0 Å². The molecule has 0 bridgehead atoms. The number of rotatable bonds is 4. The molecule has 3 aromatic rings. The quantitative estimate of drug-likeness (QED) is 0.658. The Bertz CT molecular complexity index is 1160. The maximum absolute atomic E-state index is 13.8. The van der Waals surface area contributed by atoms with Gasteiger partial charge in [0, 0.05) is 32.1 Å². The van der Waals surface area contributed by atoms with Gasteiger partial charge in [-0.3, -0.25) is 9.69 Å². The highest BCUT2D eigenvalue weighted by atomic mass is 32.2. The normalized spacial score (nSPS) is 22.6. The van der Waals surface area contributed by atoms with Gasteiger partial charge >= 0.3 is 0 Å². The van der Waals surface area contributed by atoms with E-state index in [2.05, 4.69) is 4.98 Å². The number of hydrogen-bond acceptors (Lipinski definition) is 5. The van der Waals surface area contributed by atoms with Gasteiger partial charge in [0.25, 0.3) is 0 Å². The molecule has 1 amide bonds. The first kappa shape index (κ1) is 21.2. The molecule has 168 valence electrons. The summed E-state index contributed by atoms with van der Waals surface area (Å²) < 4.78 is 23.9. The average molecular weight is 453 g/mol. The monoisotopic (exact) mass is 452 g/mol. The summed E-state index contributed by atoms with van der Waals surface area (Å²) in [5.41, 5.74) is 2.88. The molecule has 0 saturated carbocycles. The van der Waals surface area contributed by atoms with Crippen LogP contribution < -0.4 is 0 Å². The summed E-state index contributed by atoms with van der Waals surface area (Å²) in [5.74, 6) is 1.36. The molecule has 0 radical (unpaired) electrons. The van der Waals surface area contributed by atoms with Crippen LogP contribution in [-0.2, 0) is 14.6 Å². The number of fused-ring (bicyclic) bond motifs is 1. The zero-order valence-corrected chi connectivity index (χ0v) is 18.8. The van der Waals surface area contributed by atoms with Crippen LogP contribution in [0.5, 0.6) is 0 Å². The second-order valence-corrected chi connectivity index (χ2v) is 11.1. The van der Waals surface area contributed by atoms with Crippen molar-refractivity contribution >= 4 is 26.8 Å². The Labute approximate surface area is 188 Å². The Balaban J connectivity index is 1.39. The van der Waals surface area contributed by atoms with Crippen LogP contribution in [0.25, 0.3) is 11.0 Å². The number of nitrogens with zero attached hydrogens (tertiary/aromatic N) is 3. The highest BCUT2D eigenvalue weighted by molar-refractivity contribution is 7.91. The standard InChI is InChI=1S/C24H28N4O3S/c29-24(22(18-7-2-1-3-8-18)27-13-15-32(30,31)16-14-27)28-12-6-9-19(17-28)23-25-20-10-4-5-11-21(20)26-23/h1-5,7-8,10-11,19,22H,6,9,12-17H2,(H,25,26). The molecule has 2 atom stereocenters. The van der Waals surface area contributed by atoms with E-state index in [0.717, 1.165) is 35.3 Å². The van der Waals surface area contributed by atoms with E-state index >= 15 is 0 Å². The molecule has 3 heterocycles. The fourth-order valence-electron chi connectivity index (χ4n) is 4.87. The van der Waals surface area contributed by atoms with Crippen molar-refractivity contribution in [2.45, 2.75) is 24.8 Å². The summed E-state index contributed by atoms with van der Waals surface area (Å²) in [4.78, 5) is 26.0. The predicted octanol–water partition coefficient (Wildman–Crippen LogP) is 2.74. The van der Waals surface area contributed by atoms with Crippen molar-refractivity contribution in [3.05, 3.63) is 66.0 Å². The van der Waals surface area contributed by atoms with E-state index in [9.17, 15) is 13.2 Å². The third-order valence-electron chi connectivity index (χ3n) is 6.62. The van der Waals surface area contributed by atoms with Crippen molar-refractivity contribution < 1.29 is 13.2 Å². The number of carbonyl (C=O) groups is 1. The van der Waals surface area contributed by atoms with Crippen molar-refractivity contribution in [1.29, 1.82) is 0 Å². The first-order valence-electron chi connectivity index (χ1n) is 11.2. The smallest absolute Gasteiger partial charge is 0.244 e. The lowest BCUT2D eigenvalue weighted by Gasteiger charge is -2.39. The molecule has 2 aliphatic rings. The van der Waals surface area contributed by atoms with Gasteiger partial charge in [-0.1, -0.05) is 42.5 Å². The number of nitrogens with one attached hydrogen (secondary N) is 1. The second kappa shape index (κ2) is 8.67. The molecule has 2 aliphatic heterocycles. The molecule has 8 heteroatoms. The number of para-hydroxylation sites is 2. The number of imidazole rings is 1. The van der Waals surface area contributed by atoms with E-state index in [4.69, 9.17) is 4.98 Å². The zero-order chi connectivity index (χ0) is 22.1. The van der Waals surface area contributed by atoms with E-state index in [1.54, 1.807) is 0 Å². The van der Waals surface area contributed by atoms with Crippen molar-refractivity contribution in [2.24, 2.45) is 0 Å². The van der Waals surface area contributed by atoms with Crippen LogP contribution in [0.3, 0.4) is 0 Å². The highest BCUT2D eigenvalue weighted by Crippen LogP contribution is 2.31. The molecule has 2 unspecified atom stereocenters. The van der Waals surface area contributed by atoms with Crippen LogP contribution in [0.4, 0.5) is 0 Å². The Morgan fingerprint density at radius 3 is 2.47 bits per heavy atom. The molecule has 0 spiro atoms. The molecule has 0 aliphatic carbocycles. The van der Waals surface area contributed by atoms with E-state index in [0.29, 0.717) is 26.2 Å². The summed E-state index contributed by atoms with van der Waals surface area (Å²) in [6.07, 6.45) is 1.91. The number of aromatic nitrogens is 2. The SMILES string of the molecule is O=C(C(c1ccccc1)N1CCS(=O)(=O)CC1)N1CCCC(c2nc3ccccc3[nH]2)C1. The minimum Gasteiger partial charge on any atom is -0.342 e. The molecular weight excluding hydrogens is 424 g/mol. The van der Waals surface area contributed by atoms with Crippen LogP contribution >= 0.6 is 0 Å². The molecule has 5 rings (SSSR count). The maximum Gasteiger partial charge on any atom is 0.244 e. The number of carbonyl (C=O) groups excluding carboxylic acids is 1. The minimum absolute atomic E-state index is 0.0521.